The number of nitrogens with one attached hydrogen (secondary N) is 1. The second-order valence-corrected chi connectivity index (χ2v) is 6.42. The van der Waals surface area contributed by atoms with Crippen LogP contribution in [0.5, 0.6) is 5.75 Å². The number of benzene rings is 1. The van der Waals surface area contributed by atoms with Crippen LogP contribution in [0, 0.1) is 11.8 Å². The van der Waals surface area contributed by atoms with Crippen molar-refractivity contribution in [2.24, 2.45) is 11.8 Å². The predicted molar refractivity (Wildman–Crippen MR) is 76.0 cm³/mol. The lowest BCUT2D eigenvalue weighted by Crippen LogP contribution is -2.42. The number of rotatable bonds is 2. The van der Waals surface area contributed by atoms with E-state index < -0.39 is 23.9 Å². The van der Waals surface area contributed by atoms with E-state index in [0.29, 0.717) is 24.7 Å². The van der Waals surface area contributed by atoms with Crippen molar-refractivity contribution >= 4 is 11.6 Å². The van der Waals surface area contributed by atoms with Crippen LogP contribution < -0.4 is 10.1 Å². The van der Waals surface area contributed by atoms with Crippen LogP contribution in [0.25, 0.3) is 0 Å². The van der Waals surface area contributed by atoms with Gasteiger partial charge in [-0.3, -0.25) is 0 Å². The Morgan fingerprint density at radius 3 is 2.50 bits per heavy atom. The third-order valence-electron chi connectivity index (χ3n) is 4.53. The van der Waals surface area contributed by atoms with Gasteiger partial charge in [0.1, 0.15) is 11.9 Å². The molecule has 0 amide bonds. The number of aliphatic hydroxyl groups is 1. The van der Waals surface area contributed by atoms with Crippen molar-refractivity contribution in [3.05, 3.63) is 28.8 Å². The molecule has 1 aromatic rings. The molecule has 1 saturated heterocycles. The van der Waals surface area contributed by atoms with E-state index in [0.717, 1.165) is 25.2 Å². The first-order chi connectivity index (χ1) is 10.3. The fourth-order valence-electron chi connectivity index (χ4n) is 3.32. The van der Waals surface area contributed by atoms with E-state index >= 15 is 0 Å². The van der Waals surface area contributed by atoms with Crippen molar-refractivity contribution in [1.29, 1.82) is 0 Å². The molecule has 0 spiro atoms. The monoisotopic (exact) mass is 335 g/mol. The van der Waals surface area contributed by atoms with Gasteiger partial charge in [0.2, 0.25) is 0 Å². The number of hydrogen-bond acceptors (Lipinski definition) is 3. The van der Waals surface area contributed by atoms with Gasteiger partial charge in [-0.15, -0.1) is 0 Å². The molecule has 122 valence electrons. The summed E-state index contributed by atoms with van der Waals surface area (Å²) in [6, 6.07) is 3.01. The standard InChI is InChI=1S/C15H17ClF3NO2/c16-11-5-10(15(17,18)19)1-2-13(11)22-14-4-9-7-20-6-8(9)3-12(14)21/h1-2,5,8-9,12,14,20-21H,3-4,6-7H2/t8-,9+,12+,14+/m0/s1. The van der Waals surface area contributed by atoms with E-state index in [9.17, 15) is 18.3 Å². The molecule has 3 rings (SSSR count). The van der Waals surface area contributed by atoms with Crippen LogP contribution in [0.3, 0.4) is 0 Å². The number of ether oxygens (including phenoxy) is 1. The first kappa shape index (κ1) is 15.9. The second kappa shape index (κ2) is 5.91. The van der Waals surface area contributed by atoms with Crippen LogP contribution >= 0.6 is 11.6 Å². The van der Waals surface area contributed by atoms with Gasteiger partial charge in [-0.05, 0) is 56.0 Å². The predicted octanol–water partition coefficient (Wildman–Crippen LogP) is 3.10. The van der Waals surface area contributed by atoms with Crippen molar-refractivity contribution in [2.45, 2.75) is 31.2 Å². The fraction of sp³-hybridized carbons (Fsp3) is 0.600. The minimum atomic E-state index is -4.44. The van der Waals surface area contributed by atoms with E-state index in [1.165, 1.54) is 6.07 Å². The van der Waals surface area contributed by atoms with E-state index in [1.54, 1.807) is 0 Å². The van der Waals surface area contributed by atoms with E-state index in [2.05, 4.69) is 5.32 Å². The quantitative estimate of drug-likeness (QED) is 0.872. The van der Waals surface area contributed by atoms with Crippen molar-refractivity contribution in [3.8, 4) is 5.75 Å². The average molecular weight is 336 g/mol. The Labute approximate surface area is 131 Å². The summed E-state index contributed by atoms with van der Waals surface area (Å²) in [6.07, 6.45) is -4.18. The van der Waals surface area contributed by atoms with Crippen LogP contribution in [0.15, 0.2) is 18.2 Å². The molecule has 0 bridgehead atoms. The van der Waals surface area contributed by atoms with Gasteiger partial charge in [0.25, 0.3) is 0 Å². The SMILES string of the molecule is O[C@@H]1C[C@H]2CNC[C@H]2C[C@H]1Oc1ccc(C(F)(F)F)cc1Cl. The molecule has 4 atom stereocenters. The Morgan fingerprint density at radius 2 is 1.86 bits per heavy atom. The molecule has 7 heteroatoms. The zero-order valence-corrected chi connectivity index (χ0v) is 12.5. The molecule has 2 N–H and O–H groups in total. The van der Waals surface area contributed by atoms with E-state index in [1.807, 2.05) is 0 Å². The number of alkyl halides is 3. The van der Waals surface area contributed by atoms with Crippen molar-refractivity contribution in [3.63, 3.8) is 0 Å². The maximum atomic E-state index is 12.6. The minimum Gasteiger partial charge on any atom is -0.486 e. The lowest BCUT2D eigenvalue weighted by atomic mass is 9.78. The summed E-state index contributed by atoms with van der Waals surface area (Å²) >= 11 is 5.89. The highest BCUT2D eigenvalue weighted by atomic mass is 35.5. The van der Waals surface area contributed by atoms with Crippen LogP contribution in [0.1, 0.15) is 18.4 Å². The summed E-state index contributed by atoms with van der Waals surface area (Å²) in [4.78, 5) is 0. The lowest BCUT2D eigenvalue weighted by molar-refractivity contribution is -0.137. The van der Waals surface area contributed by atoms with Gasteiger partial charge in [0.15, 0.2) is 0 Å². The highest BCUT2D eigenvalue weighted by Crippen LogP contribution is 2.38. The normalized spacial score (nSPS) is 31.9. The third kappa shape index (κ3) is 3.19. The smallest absolute Gasteiger partial charge is 0.416 e. The molecular weight excluding hydrogens is 319 g/mol. The third-order valence-corrected chi connectivity index (χ3v) is 4.82. The van der Waals surface area contributed by atoms with Gasteiger partial charge in [-0.25, -0.2) is 0 Å². The molecule has 1 aromatic carbocycles. The maximum Gasteiger partial charge on any atom is 0.416 e. The summed E-state index contributed by atoms with van der Waals surface area (Å²) in [6.45, 7) is 1.79. The summed E-state index contributed by atoms with van der Waals surface area (Å²) in [5.74, 6) is 1.06. The molecular formula is C15H17ClF3NO2. The van der Waals surface area contributed by atoms with Crippen molar-refractivity contribution in [2.75, 3.05) is 13.1 Å². The molecule has 0 aromatic heterocycles. The van der Waals surface area contributed by atoms with Crippen LogP contribution in [-0.2, 0) is 6.18 Å². The fourth-order valence-corrected chi connectivity index (χ4v) is 3.54. The number of aliphatic hydroxyl groups excluding tert-OH is 1. The first-order valence-corrected chi connectivity index (χ1v) is 7.64. The Balaban J connectivity index is 1.72. The van der Waals surface area contributed by atoms with Crippen LogP contribution in [0.2, 0.25) is 5.02 Å². The molecule has 3 nitrogen and oxygen atoms in total. The van der Waals surface area contributed by atoms with Gasteiger partial charge < -0.3 is 15.2 Å². The topological polar surface area (TPSA) is 41.5 Å². The molecule has 2 fully saturated rings. The Bertz CT molecular complexity index is 552. The first-order valence-electron chi connectivity index (χ1n) is 7.27. The molecule has 1 aliphatic heterocycles. The highest BCUT2D eigenvalue weighted by molar-refractivity contribution is 6.32. The van der Waals surface area contributed by atoms with Gasteiger partial charge in [-0.2, -0.15) is 13.2 Å². The number of halogens is 4. The minimum absolute atomic E-state index is 0.0892. The largest absolute Gasteiger partial charge is 0.486 e. The zero-order chi connectivity index (χ0) is 15.9. The molecule has 22 heavy (non-hydrogen) atoms. The average Bonchev–Trinajstić information content (AvgIpc) is 2.87. The molecule has 0 unspecified atom stereocenters. The highest BCUT2D eigenvalue weighted by Gasteiger charge is 2.40. The van der Waals surface area contributed by atoms with Crippen LogP contribution in [-0.4, -0.2) is 30.4 Å². The molecule has 1 heterocycles. The number of hydrogen-bond donors (Lipinski definition) is 2. The zero-order valence-electron chi connectivity index (χ0n) is 11.7. The second-order valence-electron chi connectivity index (χ2n) is 6.02. The van der Waals surface area contributed by atoms with Crippen molar-refractivity contribution < 1.29 is 23.0 Å². The Hall–Kier alpha value is -0.980. The summed E-state index contributed by atoms with van der Waals surface area (Å²) in [7, 11) is 0. The molecule has 1 saturated carbocycles. The van der Waals surface area contributed by atoms with Gasteiger partial charge in [0, 0.05) is 0 Å². The Morgan fingerprint density at radius 1 is 1.18 bits per heavy atom. The van der Waals surface area contributed by atoms with E-state index in [-0.39, 0.29) is 10.8 Å². The van der Waals surface area contributed by atoms with Gasteiger partial charge in [-0.1, -0.05) is 11.6 Å². The maximum absolute atomic E-state index is 12.6. The summed E-state index contributed by atoms with van der Waals surface area (Å²) in [5, 5.41) is 13.4. The van der Waals surface area contributed by atoms with E-state index in [4.69, 9.17) is 16.3 Å². The molecule has 2 aliphatic rings. The lowest BCUT2D eigenvalue weighted by Gasteiger charge is -2.35. The number of fused-ring (bicyclic) bond motifs is 1. The molecule has 0 radical (unpaired) electrons. The Kier molecular flexibility index (Phi) is 4.27. The van der Waals surface area contributed by atoms with Gasteiger partial charge in [0.05, 0.1) is 16.7 Å². The van der Waals surface area contributed by atoms with Crippen molar-refractivity contribution in [1.82, 2.24) is 5.32 Å². The summed E-state index contributed by atoms with van der Waals surface area (Å²) < 4.78 is 43.6. The summed E-state index contributed by atoms with van der Waals surface area (Å²) in [5.41, 5.74) is -0.811. The van der Waals surface area contributed by atoms with Gasteiger partial charge >= 0.3 is 6.18 Å². The van der Waals surface area contributed by atoms with Crippen LogP contribution in [0.4, 0.5) is 13.2 Å². The molecule has 1 aliphatic carbocycles.